The van der Waals surface area contributed by atoms with Crippen LogP contribution in [0.15, 0.2) is 0 Å². The summed E-state index contributed by atoms with van der Waals surface area (Å²) >= 11 is 1.71. The predicted molar refractivity (Wildman–Crippen MR) is 66.6 cm³/mol. The molecule has 0 amide bonds. The standard InChI is InChI=1S/C12H22O3S/c1-12(2,3)15-11(14)10-7-6-9(16-10)5-4-8-13/h9-10,13H,4-8H2,1-3H3/t9-,10+/m0/s1. The van der Waals surface area contributed by atoms with Gasteiger partial charge in [-0.05, 0) is 46.5 Å². The Labute approximate surface area is 102 Å². The number of hydrogen-bond donors (Lipinski definition) is 1. The van der Waals surface area contributed by atoms with Crippen molar-refractivity contribution < 1.29 is 14.6 Å². The lowest BCUT2D eigenvalue weighted by molar-refractivity contribution is -0.154. The third-order valence-electron chi connectivity index (χ3n) is 2.46. The van der Waals surface area contributed by atoms with E-state index in [1.807, 2.05) is 20.8 Å². The van der Waals surface area contributed by atoms with Gasteiger partial charge < -0.3 is 9.84 Å². The van der Waals surface area contributed by atoms with Crippen LogP contribution in [-0.4, -0.2) is 33.8 Å². The highest BCUT2D eigenvalue weighted by Crippen LogP contribution is 2.37. The average molecular weight is 246 g/mol. The van der Waals surface area contributed by atoms with Crippen molar-refractivity contribution in [3.63, 3.8) is 0 Å². The Hall–Kier alpha value is -0.220. The largest absolute Gasteiger partial charge is 0.459 e. The van der Waals surface area contributed by atoms with Crippen LogP contribution in [-0.2, 0) is 9.53 Å². The van der Waals surface area contributed by atoms with E-state index in [4.69, 9.17) is 9.84 Å². The molecule has 2 atom stereocenters. The summed E-state index contributed by atoms with van der Waals surface area (Å²) in [6, 6.07) is 0. The predicted octanol–water partition coefficient (Wildman–Crippen LogP) is 2.36. The molecule has 1 rings (SSSR count). The Kier molecular flexibility index (Phi) is 5.12. The van der Waals surface area contributed by atoms with Crippen LogP contribution in [0.3, 0.4) is 0 Å². The van der Waals surface area contributed by atoms with E-state index in [1.54, 1.807) is 11.8 Å². The molecule has 0 radical (unpaired) electrons. The molecular formula is C12H22O3S. The summed E-state index contributed by atoms with van der Waals surface area (Å²) in [4.78, 5) is 11.8. The lowest BCUT2D eigenvalue weighted by atomic mass is 10.1. The van der Waals surface area contributed by atoms with E-state index < -0.39 is 0 Å². The Bertz CT molecular complexity index is 235. The third-order valence-corrected chi connectivity index (χ3v) is 4.07. The maximum atomic E-state index is 11.8. The number of ether oxygens (including phenoxy) is 1. The molecule has 0 aromatic heterocycles. The minimum absolute atomic E-state index is 0.00270. The molecule has 0 bridgehead atoms. The smallest absolute Gasteiger partial charge is 0.319 e. The van der Waals surface area contributed by atoms with Crippen molar-refractivity contribution in [3.05, 3.63) is 0 Å². The van der Waals surface area contributed by atoms with Crippen molar-refractivity contribution in [3.8, 4) is 0 Å². The zero-order chi connectivity index (χ0) is 12.2. The molecule has 0 aromatic rings. The molecule has 94 valence electrons. The van der Waals surface area contributed by atoms with E-state index in [1.165, 1.54) is 0 Å². The summed E-state index contributed by atoms with van der Waals surface area (Å²) in [5, 5.41) is 9.27. The highest BCUT2D eigenvalue weighted by Gasteiger charge is 2.33. The lowest BCUT2D eigenvalue weighted by Crippen LogP contribution is -2.29. The topological polar surface area (TPSA) is 46.5 Å². The molecule has 1 fully saturated rings. The quantitative estimate of drug-likeness (QED) is 0.774. The van der Waals surface area contributed by atoms with Crippen LogP contribution < -0.4 is 0 Å². The van der Waals surface area contributed by atoms with Gasteiger partial charge in [0.25, 0.3) is 0 Å². The SMILES string of the molecule is CC(C)(C)OC(=O)[C@H]1CC[C@H](CCCO)S1. The van der Waals surface area contributed by atoms with Crippen LogP contribution in [0.1, 0.15) is 46.5 Å². The molecule has 0 aliphatic carbocycles. The number of carbonyl (C=O) groups excluding carboxylic acids is 1. The van der Waals surface area contributed by atoms with Gasteiger partial charge in [0.1, 0.15) is 10.9 Å². The van der Waals surface area contributed by atoms with Crippen LogP contribution in [0.2, 0.25) is 0 Å². The molecule has 1 aliphatic rings. The van der Waals surface area contributed by atoms with E-state index in [0.29, 0.717) is 5.25 Å². The van der Waals surface area contributed by atoms with E-state index in [0.717, 1.165) is 25.7 Å². The highest BCUT2D eigenvalue weighted by molar-refractivity contribution is 8.01. The van der Waals surface area contributed by atoms with Gasteiger partial charge in [0.2, 0.25) is 0 Å². The van der Waals surface area contributed by atoms with Crippen molar-refractivity contribution >= 4 is 17.7 Å². The Morgan fingerprint density at radius 2 is 2.12 bits per heavy atom. The van der Waals surface area contributed by atoms with Gasteiger partial charge in [-0.1, -0.05) is 0 Å². The molecule has 16 heavy (non-hydrogen) atoms. The summed E-state index contributed by atoms with van der Waals surface area (Å²) in [5.74, 6) is -0.0796. The van der Waals surface area contributed by atoms with Crippen LogP contribution in [0, 0.1) is 0 Å². The second kappa shape index (κ2) is 5.92. The Morgan fingerprint density at radius 3 is 2.69 bits per heavy atom. The fourth-order valence-electron chi connectivity index (χ4n) is 1.78. The number of aliphatic hydroxyl groups excluding tert-OH is 1. The number of thioether (sulfide) groups is 1. The Balaban J connectivity index is 2.32. The second-order valence-electron chi connectivity index (χ2n) is 5.22. The van der Waals surface area contributed by atoms with Gasteiger partial charge in [0.15, 0.2) is 0 Å². The van der Waals surface area contributed by atoms with Gasteiger partial charge in [-0.25, -0.2) is 0 Å². The van der Waals surface area contributed by atoms with Crippen LogP contribution in [0.25, 0.3) is 0 Å². The van der Waals surface area contributed by atoms with Gasteiger partial charge in [0, 0.05) is 11.9 Å². The van der Waals surface area contributed by atoms with Crippen LogP contribution in [0.5, 0.6) is 0 Å². The summed E-state index contributed by atoms with van der Waals surface area (Å²) < 4.78 is 5.37. The fourth-order valence-corrected chi connectivity index (χ4v) is 3.25. The maximum absolute atomic E-state index is 11.8. The van der Waals surface area contributed by atoms with Gasteiger partial charge in [-0.3, -0.25) is 4.79 Å². The highest BCUT2D eigenvalue weighted by atomic mass is 32.2. The first kappa shape index (κ1) is 13.8. The van der Waals surface area contributed by atoms with Crippen LogP contribution in [0.4, 0.5) is 0 Å². The number of rotatable bonds is 4. The minimum atomic E-state index is -0.388. The van der Waals surface area contributed by atoms with Crippen LogP contribution >= 0.6 is 11.8 Å². The Morgan fingerprint density at radius 1 is 1.44 bits per heavy atom. The van der Waals surface area contributed by atoms with Crippen molar-refractivity contribution in [2.45, 2.75) is 62.6 Å². The number of hydrogen-bond acceptors (Lipinski definition) is 4. The van der Waals surface area contributed by atoms with Crippen molar-refractivity contribution in [1.82, 2.24) is 0 Å². The molecule has 3 nitrogen and oxygen atoms in total. The van der Waals surface area contributed by atoms with Gasteiger partial charge in [0.05, 0.1) is 0 Å². The first-order valence-electron chi connectivity index (χ1n) is 5.91. The molecule has 0 saturated carbocycles. The van der Waals surface area contributed by atoms with Gasteiger partial charge in [-0.2, -0.15) is 0 Å². The average Bonchev–Trinajstić information content (AvgIpc) is 2.60. The normalized spacial score (nSPS) is 25.8. The molecule has 0 spiro atoms. The zero-order valence-electron chi connectivity index (χ0n) is 10.4. The summed E-state index contributed by atoms with van der Waals surface area (Å²) in [6.45, 7) is 5.93. The first-order valence-corrected chi connectivity index (χ1v) is 6.86. The first-order chi connectivity index (χ1) is 7.42. The van der Waals surface area contributed by atoms with E-state index in [-0.39, 0.29) is 23.4 Å². The van der Waals surface area contributed by atoms with E-state index in [9.17, 15) is 4.79 Å². The molecule has 1 N–H and O–H groups in total. The summed E-state index contributed by atoms with van der Waals surface area (Å²) in [5.41, 5.74) is -0.388. The fraction of sp³-hybridized carbons (Fsp3) is 0.917. The van der Waals surface area contributed by atoms with Crippen molar-refractivity contribution in [1.29, 1.82) is 0 Å². The molecule has 0 unspecified atom stereocenters. The van der Waals surface area contributed by atoms with E-state index in [2.05, 4.69) is 0 Å². The van der Waals surface area contributed by atoms with Crippen molar-refractivity contribution in [2.24, 2.45) is 0 Å². The van der Waals surface area contributed by atoms with Gasteiger partial charge in [-0.15, -0.1) is 11.8 Å². The molecule has 1 heterocycles. The zero-order valence-corrected chi connectivity index (χ0v) is 11.2. The molecule has 1 saturated heterocycles. The molecule has 1 aliphatic heterocycles. The number of aliphatic hydroxyl groups is 1. The summed E-state index contributed by atoms with van der Waals surface area (Å²) in [7, 11) is 0. The minimum Gasteiger partial charge on any atom is -0.459 e. The molecule has 0 aromatic carbocycles. The second-order valence-corrected chi connectivity index (χ2v) is 6.73. The van der Waals surface area contributed by atoms with Gasteiger partial charge >= 0.3 is 5.97 Å². The third kappa shape index (κ3) is 4.74. The van der Waals surface area contributed by atoms with Crippen molar-refractivity contribution in [2.75, 3.05) is 6.61 Å². The monoisotopic (exact) mass is 246 g/mol. The van der Waals surface area contributed by atoms with E-state index >= 15 is 0 Å². The maximum Gasteiger partial charge on any atom is 0.319 e. The summed E-state index contributed by atoms with van der Waals surface area (Å²) in [6.07, 6.45) is 3.81. The molecular weight excluding hydrogens is 224 g/mol. The molecule has 4 heteroatoms. The number of esters is 1. The number of carbonyl (C=O) groups is 1. The lowest BCUT2D eigenvalue weighted by Gasteiger charge is -2.21.